The van der Waals surface area contributed by atoms with Crippen LogP contribution in [0.5, 0.6) is 11.5 Å². The van der Waals surface area contributed by atoms with Crippen LogP contribution in [0.15, 0.2) is 53.7 Å². The Bertz CT molecular complexity index is 812. The molecule has 8 heteroatoms. The molecule has 2 aromatic carbocycles. The largest absolute Gasteiger partial charge is 0.494 e. The first-order chi connectivity index (χ1) is 11.8. The van der Waals surface area contributed by atoms with E-state index in [1.165, 1.54) is 11.8 Å². The number of thioether (sulfide) groups is 1. The van der Waals surface area contributed by atoms with Crippen molar-refractivity contribution in [2.75, 3.05) is 19.5 Å². The summed E-state index contributed by atoms with van der Waals surface area (Å²) in [6, 6.07) is 14.9. The number of tetrazole rings is 1. The molecule has 3 aromatic rings. The summed E-state index contributed by atoms with van der Waals surface area (Å²) >= 11 is 7.43. The van der Waals surface area contributed by atoms with E-state index < -0.39 is 0 Å². The molecule has 0 amide bonds. The molecule has 0 aliphatic heterocycles. The van der Waals surface area contributed by atoms with Gasteiger partial charge in [-0.05, 0) is 40.8 Å². The van der Waals surface area contributed by atoms with Gasteiger partial charge in [0.2, 0.25) is 5.16 Å². The third-order valence-corrected chi connectivity index (χ3v) is 4.25. The molecule has 0 spiro atoms. The van der Waals surface area contributed by atoms with Gasteiger partial charge in [-0.1, -0.05) is 41.6 Å². The van der Waals surface area contributed by atoms with Gasteiger partial charge in [0.15, 0.2) is 0 Å². The van der Waals surface area contributed by atoms with Gasteiger partial charge in [-0.25, -0.2) is 0 Å². The Morgan fingerprint density at radius 3 is 2.88 bits per heavy atom. The summed E-state index contributed by atoms with van der Waals surface area (Å²) in [6.07, 6.45) is 0. The SMILES string of the molecule is COc1ccccc1-n1nnnc1SCCOc1cccc(Cl)c1. The van der Waals surface area contributed by atoms with Crippen molar-refractivity contribution in [3.8, 4) is 17.2 Å². The van der Waals surface area contributed by atoms with Crippen LogP contribution in [0.2, 0.25) is 5.02 Å². The summed E-state index contributed by atoms with van der Waals surface area (Å²) in [5.41, 5.74) is 0.795. The first kappa shape index (κ1) is 16.6. The van der Waals surface area contributed by atoms with Gasteiger partial charge in [-0.15, -0.1) is 5.10 Å². The van der Waals surface area contributed by atoms with Crippen LogP contribution < -0.4 is 9.47 Å². The van der Waals surface area contributed by atoms with Gasteiger partial charge < -0.3 is 9.47 Å². The topological polar surface area (TPSA) is 62.1 Å². The molecule has 0 saturated carbocycles. The maximum atomic E-state index is 5.93. The van der Waals surface area contributed by atoms with E-state index in [0.717, 1.165) is 11.4 Å². The highest BCUT2D eigenvalue weighted by Gasteiger charge is 2.12. The molecule has 0 bridgehead atoms. The lowest BCUT2D eigenvalue weighted by molar-refractivity contribution is 0.344. The highest BCUT2D eigenvalue weighted by atomic mass is 35.5. The van der Waals surface area contributed by atoms with Crippen LogP contribution in [0.3, 0.4) is 0 Å². The highest BCUT2D eigenvalue weighted by Crippen LogP contribution is 2.25. The quantitative estimate of drug-likeness (QED) is 0.473. The molecule has 0 atom stereocenters. The van der Waals surface area contributed by atoms with E-state index in [4.69, 9.17) is 21.1 Å². The van der Waals surface area contributed by atoms with Crippen LogP contribution >= 0.6 is 23.4 Å². The summed E-state index contributed by atoms with van der Waals surface area (Å²) in [4.78, 5) is 0. The molecule has 24 heavy (non-hydrogen) atoms. The molecule has 1 aromatic heterocycles. The molecular formula is C16H15ClN4O2S. The molecule has 0 unspecified atom stereocenters. The number of hydrogen-bond acceptors (Lipinski definition) is 6. The molecule has 0 N–H and O–H groups in total. The van der Waals surface area contributed by atoms with Crippen LogP contribution in [0.1, 0.15) is 0 Å². The minimum Gasteiger partial charge on any atom is -0.494 e. The molecule has 0 radical (unpaired) electrons. The van der Waals surface area contributed by atoms with E-state index in [1.807, 2.05) is 42.5 Å². The first-order valence-electron chi connectivity index (χ1n) is 7.21. The average molecular weight is 363 g/mol. The standard InChI is InChI=1S/C16H15ClN4O2S/c1-22-15-8-3-2-7-14(15)21-16(18-19-20-21)24-10-9-23-13-6-4-5-12(17)11-13/h2-8,11H,9-10H2,1H3. The molecule has 0 aliphatic carbocycles. The zero-order valence-electron chi connectivity index (χ0n) is 12.9. The van der Waals surface area contributed by atoms with Gasteiger partial charge in [0.1, 0.15) is 17.2 Å². The lowest BCUT2D eigenvalue weighted by Crippen LogP contribution is -2.04. The molecule has 1 heterocycles. The smallest absolute Gasteiger partial charge is 0.214 e. The normalized spacial score (nSPS) is 10.6. The van der Waals surface area contributed by atoms with Crippen LogP contribution in [-0.2, 0) is 0 Å². The maximum Gasteiger partial charge on any atom is 0.214 e. The Hall–Kier alpha value is -2.25. The van der Waals surface area contributed by atoms with E-state index in [1.54, 1.807) is 17.9 Å². The average Bonchev–Trinajstić information content (AvgIpc) is 3.07. The number of rotatable bonds is 7. The Morgan fingerprint density at radius 1 is 1.17 bits per heavy atom. The second-order valence-electron chi connectivity index (χ2n) is 4.70. The Balaban J connectivity index is 1.62. The van der Waals surface area contributed by atoms with Gasteiger partial charge in [0, 0.05) is 10.8 Å². The Labute approximate surface area is 148 Å². The number of ether oxygens (including phenoxy) is 2. The lowest BCUT2D eigenvalue weighted by atomic mass is 10.3. The third kappa shape index (κ3) is 3.98. The Kier molecular flexibility index (Phi) is 5.55. The van der Waals surface area contributed by atoms with Crippen molar-refractivity contribution in [3.05, 3.63) is 53.6 Å². The molecule has 3 rings (SSSR count). The van der Waals surface area contributed by atoms with Crippen LogP contribution in [-0.4, -0.2) is 39.7 Å². The number of nitrogens with zero attached hydrogens (tertiary/aromatic N) is 4. The van der Waals surface area contributed by atoms with Crippen LogP contribution in [0, 0.1) is 0 Å². The van der Waals surface area contributed by atoms with Crippen molar-refractivity contribution in [2.24, 2.45) is 0 Å². The second kappa shape index (κ2) is 8.03. The molecule has 0 saturated heterocycles. The van der Waals surface area contributed by atoms with Gasteiger partial charge in [-0.2, -0.15) is 4.68 Å². The third-order valence-electron chi connectivity index (χ3n) is 3.13. The van der Waals surface area contributed by atoms with Crippen molar-refractivity contribution >= 4 is 23.4 Å². The number of halogens is 1. The van der Waals surface area contributed by atoms with E-state index >= 15 is 0 Å². The van der Waals surface area contributed by atoms with Gasteiger partial charge in [-0.3, -0.25) is 0 Å². The summed E-state index contributed by atoms with van der Waals surface area (Å²) in [6.45, 7) is 0.518. The number of hydrogen-bond donors (Lipinski definition) is 0. The lowest BCUT2D eigenvalue weighted by Gasteiger charge is -2.09. The molecular weight excluding hydrogens is 348 g/mol. The monoisotopic (exact) mass is 362 g/mol. The van der Waals surface area contributed by atoms with Crippen LogP contribution in [0.25, 0.3) is 5.69 Å². The van der Waals surface area contributed by atoms with E-state index in [-0.39, 0.29) is 0 Å². The molecule has 0 fully saturated rings. The number of methoxy groups -OCH3 is 1. The molecule has 124 valence electrons. The number of benzene rings is 2. The zero-order valence-corrected chi connectivity index (χ0v) is 14.5. The van der Waals surface area contributed by atoms with Gasteiger partial charge >= 0.3 is 0 Å². The number of aromatic nitrogens is 4. The fourth-order valence-electron chi connectivity index (χ4n) is 2.07. The minimum atomic E-state index is 0.518. The first-order valence-corrected chi connectivity index (χ1v) is 8.57. The summed E-state index contributed by atoms with van der Waals surface area (Å²) in [7, 11) is 1.62. The van der Waals surface area contributed by atoms with Gasteiger partial charge in [0.05, 0.1) is 13.7 Å². The molecule has 6 nitrogen and oxygen atoms in total. The van der Waals surface area contributed by atoms with E-state index in [2.05, 4.69) is 15.5 Å². The van der Waals surface area contributed by atoms with Crippen molar-refractivity contribution in [1.82, 2.24) is 20.2 Å². The summed E-state index contributed by atoms with van der Waals surface area (Å²) in [5.74, 6) is 2.15. The van der Waals surface area contributed by atoms with E-state index in [0.29, 0.717) is 28.3 Å². The highest BCUT2D eigenvalue weighted by molar-refractivity contribution is 7.99. The predicted molar refractivity (Wildman–Crippen MR) is 93.4 cm³/mol. The zero-order chi connectivity index (χ0) is 16.8. The Morgan fingerprint density at radius 2 is 2.04 bits per heavy atom. The molecule has 0 aliphatic rings. The van der Waals surface area contributed by atoms with Crippen molar-refractivity contribution in [1.29, 1.82) is 0 Å². The van der Waals surface area contributed by atoms with E-state index in [9.17, 15) is 0 Å². The van der Waals surface area contributed by atoms with Crippen molar-refractivity contribution in [2.45, 2.75) is 5.16 Å². The summed E-state index contributed by atoms with van der Waals surface area (Å²) < 4.78 is 12.7. The maximum absolute atomic E-state index is 5.93. The second-order valence-corrected chi connectivity index (χ2v) is 6.20. The number of para-hydroxylation sites is 2. The van der Waals surface area contributed by atoms with Crippen molar-refractivity contribution in [3.63, 3.8) is 0 Å². The van der Waals surface area contributed by atoms with Crippen LogP contribution in [0.4, 0.5) is 0 Å². The predicted octanol–water partition coefficient (Wildman–Crippen LogP) is 3.50. The fraction of sp³-hybridized carbons (Fsp3) is 0.188. The minimum absolute atomic E-state index is 0.518. The fourth-order valence-corrected chi connectivity index (χ4v) is 2.96. The van der Waals surface area contributed by atoms with Gasteiger partial charge in [0.25, 0.3) is 0 Å². The van der Waals surface area contributed by atoms with Crippen molar-refractivity contribution < 1.29 is 9.47 Å². The summed E-state index contributed by atoms with van der Waals surface area (Å²) in [5, 5.41) is 13.2.